The van der Waals surface area contributed by atoms with Gasteiger partial charge in [0.1, 0.15) is 11.2 Å². The van der Waals surface area contributed by atoms with Crippen LogP contribution in [0.25, 0.3) is 16.7 Å². The fourth-order valence-electron chi connectivity index (χ4n) is 3.04. The van der Waals surface area contributed by atoms with Crippen LogP contribution in [0, 0.1) is 0 Å². The number of benzene rings is 1. The summed E-state index contributed by atoms with van der Waals surface area (Å²) in [5.74, 6) is 0.652. The number of para-hydroxylation sites is 1. The van der Waals surface area contributed by atoms with E-state index >= 15 is 0 Å². The number of H-pyrrole nitrogens is 1. The molecule has 24 heavy (non-hydrogen) atoms. The van der Waals surface area contributed by atoms with Crippen molar-refractivity contribution in [2.75, 3.05) is 19.7 Å². The van der Waals surface area contributed by atoms with Gasteiger partial charge >= 0.3 is 0 Å². The third kappa shape index (κ3) is 2.83. The molecule has 7 nitrogen and oxygen atoms in total. The Kier molecular flexibility index (Phi) is 3.87. The molecule has 1 fully saturated rings. The van der Waals surface area contributed by atoms with E-state index in [1.807, 2.05) is 30.3 Å². The molecule has 1 aliphatic heterocycles. The predicted molar refractivity (Wildman–Crippen MR) is 90.2 cm³/mol. The summed E-state index contributed by atoms with van der Waals surface area (Å²) in [6, 6.07) is 9.70. The van der Waals surface area contributed by atoms with Crippen molar-refractivity contribution < 1.29 is 4.74 Å². The van der Waals surface area contributed by atoms with Crippen LogP contribution < -0.4 is 5.56 Å². The van der Waals surface area contributed by atoms with Gasteiger partial charge in [0.25, 0.3) is 5.56 Å². The summed E-state index contributed by atoms with van der Waals surface area (Å²) in [5, 5.41) is 4.83. The van der Waals surface area contributed by atoms with E-state index in [0.29, 0.717) is 30.0 Å². The van der Waals surface area contributed by atoms with Gasteiger partial charge in [-0.1, -0.05) is 18.2 Å². The van der Waals surface area contributed by atoms with Gasteiger partial charge in [-0.05, 0) is 19.1 Å². The fraction of sp³-hybridized carbons (Fsp3) is 0.353. The first-order valence-corrected chi connectivity index (χ1v) is 8.07. The molecule has 0 saturated carbocycles. The second-order valence-corrected chi connectivity index (χ2v) is 6.06. The highest BCUT2D eigenvalue weighted by atomic mass is 16.5. The van der Waals surface area contributed by atoms with Crippen LogP contribution in [0.1, 0.15) is 12.7 Å². The molecule has 0 bridgehead atoms. The van der Waals surface area contributed by atoms with Gasteiger partial charge < -0.3 is 9.72 Å². The van der Waals surface area contributed by atoms with Gasteiger partial charge in [-0.15, -0.1) is 0 Å². The molecule has 2 aromatic heterocycles. The Bertz CT molecular complexity index is 902. The third-order valence-electron chi connectivity index (χ3n) is 4.19. The lowest BCUT2D eigenvalue weighted by molar-refractivity contribution is -0.0219. The molecule has 0 amide bonds. The molecule has 1 aliphatic rings. The van der Waals surface area contributed by atoms with E-state index in [1.165, 1.54) is 0 Å². The second-order valence-electron chi connectivity index (χ2n) is 6.06. The predicted octanol–water partition coefficient (Wildman–Crippen LogP) is 1.33. The second kappa shape index (κ2) is 6.18. The van der Waals surface area contributed by atoms with E-state index in [-0.39, 0.29) is 11.7 Å². The highest BCUT2D eigenvalue weighted by molar-refractivity contribution is 5.75. The average Bonchev–Trinajstić information content (AvgIpc) is 3.00. The summed E-state index contributed by atoms with van der Waals surface area (Å²) in [6.07, 6.45) is 1.76. The van der Waals surface area contributed by atoms with Crippen LogP contribution in [0.5, 0.6) is 0 Å². The molecule has 1 N–H and O–H groups in total. The quantitative estimate of drug-likeness (QED) is 0.786. The maximum Gasteiger partial charge on any atom is 0.262 e. The summed E-state index contributed by atoms with van der Waals surface area (Å²) in [5.41, 5.74) is 1.32. The number of nitrogens with zero attached hydrogens (tertiary/aromatic N) is 4. The summed E-state index contributed by atoms with van der Waals surface area (Å²) in [6.45, 7) is 5.02. The normalized spacial score (nSPS) is 19.0. The topological polar surface area (TPSA) is 76.0 Å². The highest BCUT2D eigenvalue weighted by Crippen LogP contribution is 2.14. The first kappa shape index (κ1) is 15.0. The molecule has 0 unspecified atom stereocenters. The molecule has 1 saturated heterocycles. The zero-order valence-corrected chi connectivity index (χ0v) is 13.5. The minimum atomic E-state index is -0.154. The molecule has 3 heterocycles. The van der Waals surface area contributed by atoms with Gasteiger partial charge in [-0.25, -0.2) is 9.67 Å². The lowest BCUT2D eigenvalue weighted by Gasteiger charge is -2.30. The average molecular weight is 325 g/mol. The fourth-order valence-corrected chi connectivity index (χ4v) is 3.04. The van der Waals surface area contributed by atoms with Crippen LogP contribution in [-0.2, 0) is 11.3 Å². The van der Waals surface area contributed by atoms with Gasteiger partial charge in [0.05, 0.1) is 31.1 Å². The lowest BCUT2D eigenvalue weighted by atomic mass is 10.3. The van der Waals surface area contributed by atoms with Crippen LogP contribution >= 0.6 is 0 Å². The Morgan fingerprint density at radius 1 is 1.33 bits per heavy atom. The largest absolute Gasteiger partial charge is 0.376 e. The number of fused-ring (bicyclic) bond motifs is 1. The first-order chi connectivity index (χ1) is 11.7. The minimum Gasteiger partial charge on any atom is -0.376 e. The summed E-state index contributed by atoms with van der Waals surface area (Å²) in [7, 11) is 0. The molecule has 124 valence electrons. The lowest BCUT2D eigenvalue weighted by Crippen LogP contribution is -2.41. The van der Waals surface area contributed by atoms with Gasteiger partial charge in [-0.2, -0.15) is 5.10 Å². The Labute approximate surface area is 138 Å². The molecule has 7 heteroatoms. The van der Waals surface area contributed by atoms with Gasteiger partial charge in [-0.3, -0.25) is 9.69 Å². The molecule has 1 atom stereocenters. The van der Waals surface area contributed by atoms with Crippen LogP contribution in [-0.4, -0.2) is 50.4 Å². The number of hydrogen-bond acceptors (Lipinski definition) is 5. The van der Waals surface area contributed by atoms with Crippen molar-refractivity contribution in [2.45, 2.75) is 19.6 Å². The Balaban J connectivity index is 1.71. The first-order valence-electron chi connectivity index (χ1n) is 8.07. The van der Waals surface area contributed by atoms with Crippen molar-refractivity contribution in [1.29, 1.82) is 0 Å². The number of rotatable bonds is 3. The number of aromatic nitrogens is 4. The zero-order valence-electron chi connectivity index (χ0n) is 13.5. The Morgan fingerprint density at radius 3 is 2.96 bits per heavy atom. The minimum absolute atomic E-state index is 0.154. The number of hydrogen-bond donors (Lipinski definition) is 1. The molecule has 3 aromatic rings. The summed E-state index contributed by atoms with van der Waals surface area (Å²) < 4.78 is 7.26. The number of ether oxygens (including phenoxy) is 1. The van der Waals surface area contributed by atoms with E-state index in [9.17, 15) is 4.79 Å². The van der Waals surface area contributed by atoms with E-state index in [2.05, 4.69) is 26.9 Å². The van der Waals surface area contributed by atoms with Crippen LogP contribution in [0.15, 0.2) is 41.3 Å². The van der Waals surface area contributed by atoms with Crippen molar-refractivity contribution in [3.8, 4) is 5.69 Å². The third-order valence-corrected chi connectivity index (χ3v) is 4.19. The van der Waals surface area contributed by atoms with E-state index in [4.69, 9.17) is 4.74 Å². The Hall–Kier alpha value is -2.51. The van der Waals surface area contributed by atoms with E-state index in [1.54, 1.807) is 10.9 Å². The molecule has 0 radical (unpaired) electrons. The SMILES string of the molecule is C[C@@H]1CN(Cc2nc3c(cnn3-c3ccccc3)c(=O)[nH]2)CCO1. The maximum atomic E-state index is 12.4. The molecule has 1 aromatic carbocycles. The number of nitrogens with one attached hydrogen (secondary N) is 1. The van der Waals surface area contributed by atoms with Crippen LogP contribution in [0.2, 0.25) is 0 Å². The Morgan fingerprint density at radius 2 is 2.17 bits per heavy atom. The van der Waals surface area contributed by atoms with Crippen LogP contribution in [0.4, 0.5) is 0 Å². The maximum absolute atomic E-state index is 12.4. The van der Waals surface area contributed by atoms with Gasteiger partial charge in [0, 0.05) is 13.1 Å². The van der Waals surface area contributed by atoms with E-state index < -0.39 is 0 Å². The number of aromatic amines is 1. The highest BCUT2D eigenvalue weighted by Gasteiger charge is 2.18. The summed E-state index contributed by atoms with van der Waals surface area (Å²) in [4.78, 5) is 22.1. The van der Waals surface area contributed by atoms with Crippen molar-refractivity contribution in [2.24, 2.45) is 0 Å². The number of morpholine rings is 1. The van der Waals surface area contributed by atoms with Crippen molar-refractivity contribution in [3.05, 3.63) is 52.7 Å². The smallest absolute Gasteiger partial charge is 0.262 e. The molecule has 0 aliphatic carbocycles. The van der Waals surface area contributed by atoms with Gasteiger partial charge in [0.15, 0.2) is 5.65 Å². The zero-order chi connectivity index (χ0) is 16.5. The molecule has 4 rings (SSSR count). The van der Waals surface area contributed by atoms with Crippen molar-refractivity contribution >= 4 is 11.0 Å². The monoisotopic (exact) mass is 325 g/mol. The van der Waals surface area contributed by atoms with E-state index in [0.717, 1.165) is 18.8 Å². The molecule has 0 spiro atoms. The standard InChI is InChI=1S/C17H19N5O2/c1-12-10-21(7-8-24-12)11-15-19-16-14(17(23)20-15)9-18-22(16)13-5-3-2-4-6-13/h2-6,9,12H,7-8,10-11H2,1H3,(H,19,20,23)/t12-/m1/s1. The van der Waals surface area contributed by atoms with Crippen molar-refractivity contribution in [1.82, 2.24) is 24.6 Å². The molecular weight excluding hydrogens is 306 g/mol. The van der Waals surface area contributed by atoms with Crippen molar-refractivity contribution in [3.63, 3.8) is 0 Å². The van der Waals surface area contributed by atoms with Gasteiger partial charge in [0.2, 0.25) is 0 Å². The summed E-state index contributed by atoms with van der Waals surface area (Å²) >= 11 is 0. The van der Waals surface area contributed by atoms with Crippen LogP contribution in [0.3, 0.4) is 0 Å². The molecular formula is C17H19N5O2.